The zero-order valence-electron chi connectivity index (χ0n) is 10.7. The highest BCUT2D eigenvalue weighted by Gasteiger charge is 2.54. The second kappa shape index (κ2) is 4.06. The van der Waals surface area contributed by atoms with Crippen LogP contribution in [0.2, 0.25) is 0 Å². The molecule has 1 saturated carbocycles. The molecule has 1 aliphatic carbocycles. The maximum absolute atomic E-state index is 3.70. The smallest absolute Gasteiger partial charge is 0.0133 e. The van der Waals surface area contributed by atoms with Crippen LogP contribution in [0.5, 0.6) is 0 Å². The van der Waals surface area contributed by atoms with Gasteiger partial charge < -0.3 is 10.2 Å². The zero-order chi connectivity index (χ0) is 11.1. The predicted molar refractivity (Wildman–Crippen MR) is 65.1 cm³/mol. The average Bonchev–Trinajstić information content (AvgIpc) is 2.78. The van der Waals surface area contributed by atoms with E-state index in [2.05, 4.69) is 37.9 Å². The molecule has 2 aliphatic rings. The van der Waals surface area contributed by atoms with Crippen LogP contribution in [0.4, 0.5) is 0 Å². The summed E-state index contributed by atoms with van der Waals surface area (Å²) in [4.78, 5) is 2.62. The Bertz CT molecular complexity index is 215. The molecule has 0 aromatic carbocycles. The van der Waals surface area contributed by atoms with Crippen LogP contribution in [0.15, 0.2) is 0 Å². The van der Waals surface area contributed by atoms with Crippen molar-refractivity contribution in [3.8, 4) is 0 Å². The van der Waals surface area contributed by atoms with Crippen molar-refractivity contribution in [1.29, 1.82) is 0 Å². The minimum absolute atomic E-state index is 0.650. The summed E-state index contributed by atoms with van der Waals surface area (Å²) in [7, 11) is 0. The second-order valence-corrected chi connectivity index (χ2v) is 6.07. The van der Waals surface area contributed by atoms with Crippen molar-refractivity contribution in [2.75, 3.05) is 13.1 Å². The third-order valence-corrected chi connectivity index (χ3v) is 4.25. The van der Waals surface area contributed by atoms with E-state index in [4.69, 9.17) is 0 Å². The molecular weight excluding hydrogens is 184 g/mol. The van der Waals surface area contributed by atoms with Gasteiger partial charge in [-0.25, -0.2) is 0 Å². The molecule has 0 aromatic heterocycles. The quantitative estimate of drug-likeness (QED) is 0.768. The normalized spacial score (nSPS) is 30.4. The molecule has 2 nitrogen and oxygen atoms in total. The molecule has 88 valence electrons. The van der Waals surface area contributed by atoms with E-state index in [-0.39, 0.29) is 0 Å². The molecule has 2 fully saturated rings. The minimum atomic E-state index is 0.650. The van der Waals surface area contributed by atoms with Gasteiger partial charge in [-0.05, 0) is 51.6 Å². The number of nitrogens with one attached hydrogen (secondary N) is 1. The van der Waals surface area contributed by atoms with E-state index in [0.717, 1.165) is 12.1 Å². The van der Waals surface area contributed by atoms with Gasteiger partial charge in [-0.3, -0.25) is 0 Å². The highest BCUT2D eigenvalue weighted by Crippen LogP contribution is 2.54. The first kappa shape index (κ1) is 11.4. The van der Waals surface area contributed by atoms with Crippen molar-refractivity contribution in [3.05, 3.63) is 0 Å². The maximum Gasteiger partial charge on any atom is 0.0133 e. The standard InChI is InChI=1S/C13H26N2/c1-10(2)14-12-9-13(12)5-7-15(8-6-13)11(3)4/h10-12,14H,5-9H2,1-4H3. The summed E-state index contributed by atoms with van der Waals surface area (Å²) in [5.41, 5.74) is 0.690. The predicted octanol–water partition coefficient (Wildman–Crippen LogP) is 2.25. The molecule has 1 saturated heterocycles. The monoisotopic (exact) mass is 210 g/mol. The van der Waals surface area contributed by atoms with Crippen LogP contribution in [0.25, 0.3) is 0 Å². The fourth-order valence-electron chi connectivity index (χ4n) is 3.02. The molecule has 0 bridgehead atoms. The number of hydrogen-bond acceptors (Lipinski definition) is 2. The summed E-state index contributed by atoms with van der Waals surface area (Å²) < 4.78 is 0. The van der Waals surface area contributed by atoms with Gasteiger partial charge >= 0.3 is 0 Å². The zero-order valence-corrected chi connectivity index (χ0v) is 10.7. The lowest BCUT2D eigenvalue weighted by Crippen LogP contribution is -2.41. The largest absolute Gasteiger partial charge is 0.311 e. The highest BCUT2D eigenvalue weighted by atomic mass is 15.2. The summed E-state index contributed by atoms with van der Waals surface area (Å²) in [6, 6.07) is 2.21. The summed E-state index contributed by atoms with van der Waals surface area (Å²) >= 11 is 0. The Hall–Kier alpha value is -0.0800. The van der Waals surface area contributed by atoms with E-state index >= 15 is 0 Å². The molecule has 1 unspecified atom stereocenters. The summed E-state index contributed by atoms with van der Waals surface area (Å²) in [6.45, 7) is 11.8. The number of rotatable bonds is 3. The third kappa shape index (κ3) is 2.36. The molecule has 1 atom stereocenters. The minimum Gasteiger partial charge on any atom is -0.311 e. The van der Waals surface area contributed by atoms with Gasteiger partial charge in [0, 0.05) is 18.1 Å². The van der Waals surface area contributed by atoms with Crippen LogP contribution in [0.1, 0.15) is 47.0 Å². The van der Waals surface area contributed by atoms with Crippen molar-refractivity contribution in [2.24, 2.45) is 5.41 Å². The van der Waals surface area contributed by atoms with Gasteiger partial charge in [0.1, 0.15) is 0 Å². The molecule has 15 heavy (non-hydrogen) atoms. The number of likely N-dealkylation sites (tertiary alicyclic amines) is 1. The molecule has 2 heteroatoms. The molecule has 1 aliphatic heterocycles. The molecule has 0 radical (unpaired) electrons. The van der Waals surface area contributed by atoms with E-state index < -0.39 is 0 Å². The maximum atomic E-state index is 3.70. The number of hydrogen-bond donors (Lipinski definition) is 1. The van der Waals surface area contributed by atoms with Crippen LogP contribution in [-0.2, 0) is 0 Å². The van der Waals surface area contributed by atoms with Gasteiger partial charge in [0.15, 0.2) is 0 Å². The van der Waals surface area contributed by atoms with Crippen molar-refractivity contribution in [3.63, 3.8) is 0 Å². The first-order valence-corrected chi connectivity index (χ1v) is 6.53. The first-order chi connectivity index (χ1) is 7.03. The Morgan fingerprint density at radius 3 is 2.20 bits per heavy atom. The van der Waals surface area contributed by atoms with Gasteiger partial charge in [-0.2, -0.15) is 0 Å². The lowest BCUT2D eigenvalue weighted by Gasteiger charge is -2.35. The lowest BCUT2D eigenvalue weighted by molar-refractivity contribution is 0.134. The average molecular weight is 210 g/mol. The third-order valence-electron chi connectivity index (χ3n) is 4.25. The van der Waals surface area contributed by atoms with Crippen LogP contribution in [0.3, 0.4) is 0 Å². The van der Waals surface area contributed by atoms with Gasteiger partial charge in [-0.1, -0.05) is 13.8 Å². The number of piperidine rings is 1. The SMILES string of the molecule is CC(C)NC1CC12CCN(C(C)C)CC2. The van der Waals surface area contributed by atoms with Crippen LogP contribution >= 0.6 is 0 Å². The van der Waals surface area contributed by atoms with Crippen molar-refractivity contribution in [2.45, 2.75) is 65.1 Å². The fourth-order valence-corrected chi connectivity index (χ4v) is 3.02. The molecule has 0 aromatic rings. The summed E-state index contributed by atoms with van der Waals surface area (Å²) in [5, 5.41) is 3.70. The Morgan fingerprint density at radius 1 is 1.13 bits per heavy atom. The number of nitrogens with zero attached hydrogens (tertiary/aromatic N) is 1. The summed E-state index contributed by atoms with van der Waals surface area (Å²) in [6.07, 6.45) is 4.25. The molecule has 1 heterocycles. The fraction of sp³-hybridized carbons (Fsp3) is 1.00. The Balaban J connectivity index is 1.80. The second-order valence-electron chi connectivity index (χ2n) is 6.07. The van der Waals surface area contributed by atoms with E-state index in [1.165, 1.54) is 32.4 Å². The Kier molecular flexibility index (Phi) is 3.09. The van der Waals surface area contributed by atoms with Gasteiger partial charge in [0.25, 0.3) is 0 Å². The van der Waals surface area contributed by atoms with Crippen LogP contribution in [-0.4, -0.2) is 36.1 Å². The summed E-state index contributed by atoms with van der Waals surface area (Å²) in [5.74, 6) is 0. The van der Waals surface area contributed by atoms with E-state index in [0.29, 0.717) is 11.5 Å². The van der Waals surface area contributed by atoms with Gasteiger partial charge in [0.2, 0.25) is 0 Å². The van der Waals surface area contributed by atoms with Gasteiger partial charge in [-0.15, -0.1) is 0 Å². The van der Waals surface area contributed by atoms with E-state index in [9.17, 15) is 0 Å². The lowest BCUT2D eigenvalue weighted by atomic mass is 9.92. The Morgan fingerprint density at radius 2 is 1.73 bits per heavy atom. The Labute approximate surface area is 94.4 Å². The van der Waals surface area contributed by atoms with Crippen molar-refractivity contribution >= 4 is 0 Å². The van der Waals surface area contributed by atoms with Crippen LogP contribution < -0.4 is 5.32 Å². The van der Waals surface area contributed by atoms with Crippen molar-refractivity contribution < 1.29 is 0 Å². The van der Waals surface area contributed by atoms with Crippen molar-refractivity contribution in [1.82, 2.24) is 10.2 Å². The molecular formula is C13H26N2. The molecule has 2 rings (SSSR count). The highest BCUT2D eigenvalue weighted by molar-refractivity contribution is 5.10. The first-order valence-electron chi connectivity index (χ1n) is 6.53. The molecule has 1 spiro atoms. The molecule has 1 N–H and O–H groups in total. The molecule has 0 amide bonds. The van der Waals surface area contributed by atoms with E-state index in [1.807, 2.05) is 0 Å². The van der Waals surface area contributed by atoms with Crippen LogP contribution in [0, 0.1) is 5.41 Å². The topological polar surface area (TPSA) is 15.3 Å². The van der Waals surface area contributed by atoms with E-state index in [1.54, 1.807) is 0 Å². The van der Waals surface area contributed by atoms with Gasteiger partial charge in [0.05, 0.1) is 0 Å².